The summed E-state index contributed by atoms with van der Waals surface area (Å²) in [5.41, 5.74) is 0. The molecule has 0 saturated heterocycles. The van der Waals surface area contributed by atoms with Gasteiger partial charge in [0.25, 0.3) is 0 Å². The van der Waals surface area contributed by atoms with Crippen molar-refractivity contribution in [3.63, 3.8) is 0 Å². The molecule has 0 aliphatic rings. The second kappa shape index (κ2) is 3.82. The lowest BCUT2D eigenvalue weighted by Crippen LogP contribution is -2.01. The van der Waals surface area contributed by atoms with Crippen molar-refractivity contribution in [2.75, 3.05) is 11.9 Å². The van der Waals surface area contributed by atoms with E-state index >= 15 is 0 Å². The maximum absolute atomic E-state index is 5.27. The second-order valence-corrected chi connectivity index (χ2v) is 1.81. The Bertz CT molecular complexity index is 173. The summed E-state index contributed by atoms with van der Waals surface area (Å²) in [4.78, 5) is 7.71. The van der Waals surface area contributed by atoms with Crippen molar-refractivity contribution in [1.29, 1.82) is 0 Å². The Kier molecular flexibility index (Phi) is 2.67. The SMILES string of the molecule is [CH]CCNc1ccncn1. The van der Waals surface area contributed by atoms with Gasteiger partial charge >= 0.3 is 0 Å². The third-order valence-electron chi connectivity index (χ3n) is 1.03. The van der Waals surface area contributed by atoms with Gasteiger partial charge in [-0.25, -0.2) is 9.97 Å². The van der Waals surface area contributed by atoms with Crippen molar-refractivity contribution in [2.45, 2.75) is 6.42 Å². The van der Waals surface area contributed by atoms with E-state index < -0.39 is 0 Å². The highest BCUT2D eigenvalue weighted by molar-refractivity contribution is 5.31. The zero-order valence-electron chi connectivity index (χ0n) is 5.62. The number of nitrogens with one attached hydrogen (secondary N) is 1. The number of aromatic nitrogens is 2. The maximum atomic E-state index is 5.27. The van der Waals surface area contributed by atoms with Gasteiger partial charge in [0.2, 0.25) is 0 Å². The molecule has 1 rings (SSSR count). The fourth-order valence-corrected chi connectivity index (χ4v) is 0.596. The number of nitrogens with zero attached hydrogens (tertiary/aromatic N) is 2. The summed E-state index contributed by atoms with van der Waals surface area (Å²) in [5, 5.41) is 3.02. The highest BCUT2D eigenvalue weighted by atomic mass is 15.0. The molecule has 1 N–H and O–H groups in total. The molecule has 0 atom stereocenters. The minimum Gasteiger partial charge on any atom is -0.370 e. The van der Waals surface area contributed by atoms with Crippen LogP contribution < -0.4 is 5.32 Å². The molecule has 10 heavy (non-hydrogen) atoms. The molecule has 1 heterocycles. The summed E-state index contributed by atoms with van der Waals surface area (Å²) in [6.07, 6.45) is 3.80. The lowest BCUT2D eigenvalue weighted by Gasteiger charge is -1.99. The van der Waals surface area contributed by atoms with E-state index in [4.69, 9.17) is 6.92 Å². The van der Waals surface area contributed by atoms with Crippen LogP contribution >= 0.6 is 0 Å². The van der Waals surface area contributed by atoms with Gasteiger partial charge in [-0.2, -0.15) is 0 Å². The van der Waals surface area contributed by atoms with E-state index in [-0.39, 0.29) is 0 Å². The third-order valence-corrected chi connectivity index (χ3v) is 1.03. The van der Waals surface area contributed by atoms with E-state index in [9.17, 15) is 0 Å². The zero-order chi connectivity index (χ0) is 7.23. The molecule has 0 unspecified atom stereocenters. The molecule has 2 radical (unpaired) electrons. The Hall–Kier alpha value is -1.12. The standard InChI is InChI=1S/C7H9N3/c1-2-4-9-7-3-5-8-6-10-7/h1,3,5-6H,2,4H2,(H,8,9,10). The minimum atomic E-state index is 0.615. The molecule has 0 saturated carbocycles. The van der Waals surface area contributed by atoms with Gasteiger partial charge in [0, 0.05) is 12.7 Å². The van der Waals surface area contributed by atoms with Crippen molar-refractivity contribution in [3.8, 4) is 0 Å². The normalized spacial score (nSPS) is 9.30. The first-order chi connectivity index (χ1) is 4.93. The van der Waals surface area contributed by atoms with Crippen LogP contribution in [0.25, 0.3) is 0 Å². The van der Waals surface area contributed by atoms with Crippen LogP contribution in [0.1, 0.15) is 6.42 Å². The number of anilines is 1. The molecule has 1 aromatic heterocycles. The van der Waals surface area contributed by atoms with Crippen LogP contribution in [0.5, 0.6) is 0 Å². The molecule has 0 aliphatic carbocycles. The first-order valence-corrected chi connectivity index (χ1v) is 3.13. The van der Waals surface area contributed by atoms with Crippen LogP contribution in [0.4, 0.5) is 5.82 Å². The van der Waals surface area contributed by atoms with Gasteiger partial charge in [0.1, 0.15) is 12.1 Å². The smallest absolute Gasteiger partial charge is 0.129 e. The molecule has 0 fully saturated rings. The summed E-state index contributed by atoms with van der Waals surface area (Å²) in [7, 11) is 0. The van der Waals surface area contributed by atoms with Gasteiger partial charge in [-0.05, 0) is 19.4 Å². The van der Waals surface area contributed by atoms with E-state index in [1.54, 1.807) is 12.3 Å². The highest BCUT2D eigenvalue weighted by Crippen LogP contribution is 1.96. The fourth-order valence-electron chi connectivity index (χ4n) is 0.596. The first kappa shape index (κ1) is 6.99. The van der Waals surface area contributed by atoms with Gasteiger partial charge in [-0.1, -0.05) is 0 Å². The molecule has 3 heteroatoms. The molecule has 0 aliphatic heterocycles. The summed E-state index contributed by atoms with van der Waals surface area (Å²) in [6.45, 7) is 6.02. The Morgan fingerprint density at radius 2 is 2.50 bits per heavy atom. The summed E-state index contributed by atoms with van der Waals surface area (Å²) in [5.74, 6) is 0.820. The van der Waals surface area contributed by atoms with Crippen molar-refractivity contribution in [1.82, 2.24) is 9.97 Å². The molecule has 1 aromatic rings. The predicted octanol–water partition coefficient (Wildman–Crippen LogP) is 0.990. The maximum Gasteiger partial charge on any atom is 0.129 e. The van der Waals surface area contributed by atoms with Crippen LogP contribution in [-0.2, 0) is 0 Å². The molecular weight excluding hydrogens is 126 g/mol. The number of hydrogen-bond donors (Lipinski definition) is 1. The van der Waals surface area contributed by atoms with E-state index in [2.05, 4.69) is 15.3 Å². The third kappa shape index (κ3) is 2.01. The first-order valence-electron chi connectivity index (χ1n) is 3.13. The molecule has 0 aromatic carbocycles. The van der Waals surface area contributed by atoms with Crippen LogP contribution in [0.3, 0.4) is 0 Å². The Morgan fingerprint density at radius 3 is 3.10 bits per heavy atom. The van der Waals surface area contributed by atoms with Crippen molar-refractivity contribution in [2.24, 2.45) is 0 Å². The summed E-state index contributed by atoms with van der Waals surface area (Å²) in [6, 6.07) is 1.80. The lowest BCUT2D eigenvalue weighted by molar-refractivity contribution is 1.03. The lowest BCUT2D eigenvalue weighted by atomic mass is 10.5. The zero-order valence-corrected chi connectivity index (χ0v) is 5.62. The minimum absolute atomic E-state index is 0.615. The molecule has 0 amide bonds. The van der Waals surface area contributed by atoms with Crippen LogP contribution in [0.15, 0.2) is 18.6 Å². The van der Waals surface area contributed by atoms with Crippen molar-refractivity contribution >= 4 is 5.82 Å². The Labute approximate surface area is 60.5 Å². The molecule has 52 valence electrons. The van der Waals surface area contributed by atoms with Crippen LogP contribution in [0, 0.1) is 6.92 Å². The Balaban J connectivity index is 2.43. The van der Waals surface area contributed by atoms with Gasteiger partial charge in [0.15, 0.2) is 0 Å². The van der Waals surface area contributed by atoms with Crippen molar-refractivity contribution in [3.05, 3.63) is 25.5 Å². The van der Waals surface area contributed by atoms with Crippen LogP contribution in [-0.4, -0.2) is 16.5 Å². The van der Waals surface area contributed by atoms with Gasteiger partial charge in [-0.3, -0.25) is 0 Å². The van der Waals surface area contributed by atoms with Gasteiger partial charge in [0.05, 0.1) is 0 Å². The molecule has 0 bridgehead atoms. The Morgan fingerprint density at radius 1 is 1.60 bits per heavy atom. The average molecular weight is 135 g/mol. The van der Waals surface area contributed by atoms with E-state index in [0.29, 0.717) is 6.42 Å². The summed E-state index contributed by atoms with van der Waals surface area (Å²) < 4.78 is 0. The monoisotopic (exact) mass is 135 g/mol. The number of hydrogen-bond acceptors (Lipinski definition) is 3. The average Bonchev–Trinajstić information content (AvgIpc) is 2.03. The largest absolute Gasteiger partial charge is 0.370 e. The second-order valence-electron chi connectivity index (χ2n) is 1.81. The molecular formula is C7H9N3. The van der Waals surface area contributed by atoms with Gasteiger partial charge in [-0.15, -0.1) is 0 Å². The van der Waals surface area contributed by atoms with E-state index in [1.165, 1.54) is 6.33 Å². The number of rotatable bonds is 3. The quantitative estimate of drug-likeness (QED) is 0.671. The van der Waals surface area contributed by atoms with Gasteiger partial charge < -0.3 is 5.32 Å². The van der Waals surface area contributed by atoms with E-state index in [0.717, 1.165) is 12.4 Å². The highest BCUT2D eigenvalue weighted by Gasteiger charge is 1.86. The van der Waals surface area contributed by atoms with Crippen LogP contribution in [0.2, 0.25) is 0 Å². The predicted molar refractivity (Wildman–Crippen MR) is 39.4 cm³/mol. The summed E-state index contributed by atoms with van der Waals surface area (Å²) >= 11 is 0. The molecule has 3 nitrogen and oxygen atoms in total. The van der Waals surface area contributed by atoms with Crippen molar-refractivity contribution < 1.29 is 0 Å². The topological polar surface area (TPSA) is 37.8 Å². The fraction of sp³-hybridized carbons (Fsp3) is 0.286. The van der Waals surface area contributed by atoms with E-state index in [1.807, 2.05) is 0 Å². The molecule has 0 spiro atoms.